The average molecular weight is 456 g/mol. The quantitative estimate of drug-likeness (QED) is 0.594. The number of aromatic amines is 1. The summed E-state index contributed by atoms with van der Waals surface area (Å²) in [5.74, 6) is 0.666. The van der Waals surface area contributed by atoms with Crippen molar-refractivity contribution >= 4 is 35.4 Å². The van der Waals surface area contributed by atoms with Crippen LogP contribution >= 0.6 is 23.6 Å². The third-order valence-corrected chi connectivity index (χ3v) is 6.83. The molecule has 1 atom stereocenters. The Hall–Kier alpha value is -2.78. The number of nitrogens with one attached hydrogen (secondary N) is 1. The fraction of sp³-hybridized carbons (Fsp3) is 0.364. The fourth-order valence-electron chi connectivity index (χ4n) is 3.81. The molecule has 1 unspecified atom stereocenters. The summed E-state index contributed by atoms with van der Waals surface area (Å²) in [6.45, 7) is 5.97. The number of aryl methyl sites for hydroxylation is 1. The van der Waals surface area contributed by atoms with Gasteiger partial charge in [0.2, 0.25) is 5.91 Å². The van der Waals surface area contributed by atoms with Crippen LogP contribution in [0.5, 0.6) is 0 Å². The van der Waals surface area contributed by atoms with Crippen LogP contribution in [0.1, 0.15) is 35.8 Å². The molecule has 2 aromatic heterocycles. The number of amides is 2. The number of thiophene rings is 1. The van der Waals surface area contributed by atoms with E-state index in [9.17, 15) is 9.59 Å². The Morgan fingerprint density at radius 2 is 1.81 bits per heavy atom. The van der Waals surface area contributed by atoms with Crippen molar-refractivity contribution in [3.63, 3.8) is 0 Å². The zero-order chi connectivity index (χ0) is 22.0. The van der Waals surface area contributed by atoms with Gasteiger partial charge in [-0.2, -0.15) is 5.10 Å². The Kier molecular flexibility index (Phi) is 6.33. The summed E-state index contributed by atoms with van der Waals surface area (Å²) in [5.41, 5.74) is 1.90. The number of hydrogen-bond donors (Lipinski definition) is 1. The van der Waals surface area contributed by atoms with E-state index >= 15 is 0 Å². The predicted molar refractivity (Wildman–Crippen MR) is 124 cm³/mol. The maximum Gasteiger partial charge on any atom is 0.253 e. The Morgan fingerprint density at radius 3 is 2.42 bits per heavy atom. The first-order valence-corrected chi connectivity index (χ1v) is 11.7. The number of piperazine rings is 1. The van der Waals surface area contributed by atoms with Crippen molar-refractivity contribution in [2.45, 2.75) is 26.3 Å². The molecule has 0 saturated carbocycles. The minimum Gasteiger partial charge on any atom is -0.337 e. The molecule has 9 heteroatoms. The summed E-state index contributed by atoms with van der Waals surface area (Å²) < 4.78 is 2.20. The number of nitrogens with zero attached hydrogens (tertiary/aromatic N) is 4. The second-order valence-electron chi connectivity index (χ2n) is 7.54. The van der Waals surface area contributed by atoms with Gasteiger partial charge < -0.3 is 9.80 Å². The number of rotatable bonds is 5. The lowest BCUT2D eigenvalue weighted by molar-refractivity contribution is -0.135. The van der Waals surface area contributed by atoms with E-state index in [1.54, 1.807) is 15.9 Å². The molecule has 0 radical (unpaired) electrons. The van der Waals surface area contributed by atoms with Crippen molar-refractivity contribution in [1.82, 2.24) is 24.6 Å². The number of aromatic nitrogens is 3. The molecule has 0 aliphatic carbocycles. The van der Waals surface area contributed by atoms with Crippen LogP contribution < -0.4 is 0 Å². The average Bonchev–Trinajstić information content (AvgIpc) is 3.47. The Bertz CT molecular complexity index is 1110. The summed E-state index contributed by atoms with van der Waals surface area (Å²) in [4.78, 5) is 30.6. The van der Waals surface area contributed by atoms with Crippen LogP contribution in [0.2, 0.25) is 0 Å². The lowest BCUT2D eigenvalue weighted by Crippen LogP contribution is -2.52. The third-order valence-electron chi connectivity index (χ3n) is 5.68. The number of benzene rings is 1. The summed E-state index contributed by atoms with van der Waals surface area (Å²) in [6.07, 6.45) is 0.947. The van der Waals surface area contributed by atoms with E-state index in [1.807, 2.05) is 58.5 Å². The Morgan fingerprint density at radius 1 is 1.13 bits per heavy atom. The van der Waals surface area contributed by atoms with Gasteiger partial charge in [-0.3, -0.25) is 19.3 Å². The van der Waals surface area contributed by atoms with Crippen LogP contribution in [-0.2, 0) is 11.2 Å². The smallest absolute Gasteiger partial charge is 0.253 e. The van der Waals surface area contributed by atoms with Crippen molar-refractivity contribution in [1.29, 1.82) is 0 Å². The van der Waals surface area contributed by atoms with Gasteiger partial charge in [0.1, 0.15) is 6.04 Å². The first-order valence-electron chi connectivity index (χ1n) is 10.4. The van der Waals surface area contributed by atoms with Gasteiger partial charge in [0.15, 0.2) is 10.6 Å². The van der Waals surface area contributed by atoms with Gasteiger partial charge in [-0.15, -0.1) is 11.3 Å². The second-order valence-corrected chi connectivity index (χ2v) is 8.88. The van der Waals surface area contributed by atoms with Gasteiger partial charge in [0, 0.05) is 31.7 Å². The van der Waals surface area contributed by atoms with E-state index in [2.05, 4.69) is 17.1 Å². The molecular weight excluding hydrogens is 430 g/mol. The SMILES string of the molecule is CCc1ccc(C(=O)N2CCN(C(=O)C(C)n3c(-c4cccs4)n[nH]c3=S)CC2)cc1. The molecule has 1 aromatic carbocycles. The van der Waals surface area contributed by atoms with E-state index in [0.717, 1.165) is 11.3 Å². The maximum absolute atomic E-state index is 13.2. The lowest BCUT2D eigenvalue weighted by Gasteiger charge is -2.36. The van der Waals surface area contributed by atoms with Gasteiger partial charge in [0.25, 0.3) is 5.91 Å². The van der Waals surface area contributed by atoms with E-state index in [0.29, 0.717) is 42.3 Å². The van der Waals surface area contributed by atoms with E-state index in [1.165, 1.54) is 5.56 Å². The van der Waals surface area contributed by atoms with Crippen molar-refractivity contribution in [2.75, 3.05) is 26.2 Å². The molecule has 162 valence electrons. The molecule has 2 amide bonds. The van der Waals surface area contributed by atoms with Crippen molar-refractivity contribution < 1.29 is 9.59 Å². The zero-order valence-electron chi connectivity index (χ0n) is 17.6. The number of hydrogen-bond acceptors (Lipinski definition) is 5. The molecule has 3 heterocycles. The molecule has 1 N–H and O–H groups in total. The van der Waals surface area contributed by atoms with E-state index in [-0.39, 0.29) is 11.8 Å². The van der Waals surface area contributed by atoms with Crippen molar-refractivity contribution in [2.24, 2.45) is 0 Å². The van der Waals surface area contributed by atoms with Crippen LogP contribution in [-0.4, -0.2) is 62.6 Å². The van der Waals surface area contributed by atoms with Gasteiger partial charge >= 0.3 is 0 Å². The maximum atomic E-state index is 13.2. The van der Waals surface area contributed by atoms with E-state index < -0.39 is 6.04 Å². The highest BCUT2D eigenvalue weighted by molar-refractivity contribution is 7.71. The molecular formula is C22H25N5O2S2. The first kappa shape index (κ1) is 21.5. The summed E-state index contributed by atoms with van der Waals surface area (Å²) in [5, 5.41) is 9.10. The topological polar surface area (TPSA) is 74.2 Å². The lowest BCUT2D eigenvalue weighted by atomic mass is 10.1. The zero-order valence-corrected chi connectivity index (χ0v) is 19.2. The Labute approximate surface area is 190 Å². The third kappa shape index (κ3) is 4.33. The highest BCUT2D eigenvalue weighted by Crippen LogP contribution is 2.26. The molecule has 1 aliphatic rings. The summed E-state index contributed by atoms with van der Waals surface area (Å²) in [6, 6.07) is 11.2. The largest absolute Gasteiger partial charge is 0.337 e. The minimum absolute atomic E-state index is 0.0137. The fourth-order valence-corrected chi connectivity index (χ4v) is 4.81. The normalized spacial score (nSPS) is 15.2. The van der Waals surface area contributed by atoms with Gasteiger partial charge in [0.05, 0.1) is 4.88 Å². The second kappa shape index (κ2) is 9.15. The van der Waals surface area contributed by atoms with Gasteiger partial charge in [-0.25, -0.2) is 0 Å². The van der Waals surface area contributed by atoms with Crippen LogP contribution in [0.25, 0.3) is 10.7 Å². The highest BCUT2D eigenvalue weighted by Gasteiger charge is 2.30. The van der Waals surface area contributed by atoms with Crippen LogP contribution in [0.15, 0.2) is 41.8 Å². The monoisotopic (exact) mass is 455 g/mol. The molecule has 1 saturated heterocycles. The molecule has 1 aliphatic heterocycles. The number of carbonyl (C=O) groups excluding carboxylic acids is 2. The van der Waals surface area contributed by atoms with Gasteiger partial charge in [-0.05, 0) is 54.7 Å². The Balaban J connectivity index is 1.42. The number of carbonyl (C=O) groups is 2. The van der Waals surface area contributed by atoms with Crippen molar-refractivity contribution in [3.8, 4) is 10.7 Å². The molecule has 7 nitrogen and oxygen atoms in total. The standard InChI is InChI=1S/C22H25N5O2S2/c1-3-16-6-8-17(9-7-16)21(29)26-12-10-25(11-13-26)20(28)15(2)27-19(23-24-22(27)30)18-5-4-14-31-18/h4-9,14-15H,3,10-13H2,1-2H3,(H,24,30). The van der Waals surface area contributed by atoms with Crippen LogP contribution in [0, 0.1) is 4.77 Å². The molecule has 0 spiro atoms. The minimum atomic E-state index is -0.479. The number of H-pyrrole nitrogens is 1. The van der Waals surface area contributed by atoms with Crippen LogP contribution in [0.3, 0.4) is 0 Å². The highest BCUT2D eigenvalue weighted by atomic mass is 32.1. The molecule has 31 heavy (non-hydrogen) atoms. The molecule has 3 aromatic rings. The van der Waals surface area contributed by atoms with Gasteiger partial charge in [-0.1, -0.05) is 25.1 Å². The molecule has 0 bridgehead atoms. The molecule has 1 fully saturated rings. The summed E-state index contributed by atoms with van der Waals surface area (Å²) in [7, 11) is 0. The molecule has 4 rings (SSSR count). The predicted octanol–water partition coefficient (Wildman–Crippen LogP) is 3.78. The van der Waals surface area contributed by atoms with E-state index in [4.69, 9.17) is 12.2 Å². The van der Waals surface area contributed by atoms with Crippen LogP contribution in [0.4, 0.5) is 0 Å². The summed E-state index contributed by atoms with van der Waals surface area (Å²) >= 11 is 6.95. The van der Waals surface area contributed by atoms with Crippen molar-refractivity contribution in [3.05, 3.63) is 57.7 Å². The first-order chi connectivity index (χ1) is 15.0.